The molecule has 0 amide bonds. The van der Waals surface area contributed by atoms with Gasteiger partial charge in [-0.25, -0.2) is 0 Å². The molecule has 0 aliphatic carbocycles. The Morgan fingerprint density at radius 1 is 0.783 bits per heavy atom. The minimum Gasteiger partial charge on any atom is -0.353 e. The zero-order valence-corrected chi connectivity index (χ0v) is 13.6. The average molecular weight is 311 g/mol. The van der Waals surface area contributed by atoms with E-state index in [1.165, 1.54) is 11.1 Å². The Kier molecular flexibility index (Phi) is 6.21. The largest absolute Gasteiger partial charge is 0.353 e. The van der Waals surface area contributed by atoms with Gasteiger partial charge in [-0.1, -0.05) is 60.7 Å². The summed E-state index contributed by atoms with van der Waals surface area (Å²) in [5, 5.41) is 0. The zero-order valence-electron chi connectivity index (χ0n) is 13.6. The number of ether oxygens (including phenoxy) is 2. The molecule has 0 unspecified atom stereocenters. The van der Waals surface area contributed by atoms with Crippen molar-refractivity contribution in [3.63, 3.8) is 0 Å². The zero-order chi connectivity index (χ0) is 15.7. The molecule has 2 aromatic carbocycles. The molecule has 1 heterocycles. The van der Waals surface area contributed by atoms with Gasteiger partial charge in [-0.15, -0.1) is 0 Å². The van der Waals surface area contributed by atoms with Gasteiger partial charge in [0.05, 0.1) is 13.2 Å². The maximum Gasteiger partial charge on any atom is 0.158 e. The van der Waals surface area contributed by atoms with Crippen LogP contribution in [0.25, 0.3) is 0 Å². The molecule has 3 nitrogen and oxygen atoms in total. The van der Waals surface area contributed by atoms with E-state index in [9.17, 15) is 0 Å². The number of rotatable bonds is 7. The Morgan fingerprint density at radius 2 is 1.30 bits per heavy atom. The van der Waals surface area contributed by atoms with Crippen molar-refractivity contribution in [1.82, 2.24) is 4.90 Å². The summed E-state index contributed by atoms with van der Waals surface area (Å²) < 4.78 is 11.4. The average Bonchev–Trinajstić information content (AvgIpc) is 2.62. The maximum atomic E-state index is 5.68. The molecular formula is C20H25NO2. The van der Waals surface area contributed by atoms with E-state index in [0.29, 0.717) is 0 Å². The molecule has 0 aromatic heterocycles. The van der Waals surface area contributed by atoms with Gasteiger partial charge < -0.3 is 9.47 Å². The van der Waals surface area contributed by atoms with Crippen molar-refractivity contribution in [3.8, 4) is 0 Å². The molecule has 1 aliphatic heterocycles. The highest BCUT2D eigenvalue weighted by Crippen LogP contribution is 2.14. The van der Waals surface area contributed by atoms with Crippen molar-refractivity contribution in [2.45, 2.75) is 32.2 Å². The smallest absolute Gasteiger partial charge is 0.158 e. The fraction of sp³-hybridized carbons (Fsp3) is 0.400. The van der Waals surface area contributed by atoms with E-state index in [-0.39, 0.29) is 6.29 Å². The van der Waals surface area contributed by atoms with E-state index < -0.39 is 0 Å². The van der Waals surface area contributed by atoms with Crippen LogP contribution in [0.5, 0.6) is 0 Å². The van der Waals surface area contributed by atoms with Gasteiger partial charge in [0, 0.05) is 26.1 Å². The highest BCUT2D eigenvalue weighted by Gasteiger charge is 2.16. The summed E-state index contributed by atoms with van der Waals surface area (Å²) in [5.74, 6) is 0. The van der Waals surface area contributed by atoms with Crippen LogP contribution in [0, 0.1) is 0 Å². The van der Waals surface area contributed by atoms with Crippen LogP contribution in [0.4, 0.5) is 0 Å². The predicted octanol–water partition coefficient (Wildman–Crippen LogP) is 3.84. The summed E-state index contributed by atoms with van der Waals surface area (Å²) in [7, 11) is 0. The van der Waals surface area contributed by atoms with Crippen molar-refractivity contribution in [2.75, 3.05) is 19.8 Å². The van der Waals surface area contributed by atoms with Crippen LogP contribution in [-0.2, 0) is 22.6 Å². The Hall–Kier alpha value is -1.68. The van der Waals surface area contributed by atoms with Gasteiger partial charge in [-0.05, 0) is 17.5 Å². The highest BCUT2D eigenvalue weighted by molar-refractivity contribution is 5.17. The Bertz CT molecular complexity index is 511. The third-order valence-electron chi connectivity index (χ3n) is 4.08. The lowest BCUT2D eigenvalue weighted by Gasteiger charge is -2.27. The van der Waals surface area contributed by atoms with Gasteiger partial charge in [-0.2, -0.15) is 0 Å². The first kappa shape index (κ1) is 16.2. The van der Waals surface area contributed by atoms with E-state index in [1.54, 1.807) is 0 Å². The Morgan fingerprint density at radius 3 is 1.83 bits per heavy atom. The first-order valence-electron chi connectivity index (χ1n) is 8.43. The van der Waals surface area contributed by atoms with E-state index in [1.807, 2.05) is 0 Å². The van der Waals surface area contributed by atoms with E-state index >= 15 is 0 Å². The second-order valence-electron chi connectivity index (χ2n) is 6.00. The summed E-state index contributed by atoms with van der Waals surface area (Å²) in [5.41, 5.74) is 2.68. The van der Waals surface area contributed by atoms with Crippen molar-refractivity contribution in [1.29, 1.82) is 0 Å². The van der Waals surface area contributed by atoms with Gasteiger partial charge >= 0.3 is 0 Å². The van der Waals surface area contributed by atoms with E-state index in [2.05, 4.69) is 65.6 Å². The third kappa shape index (κ3) is 5.47. The fourth-order valence-corrected chi connectivity index (χ4v) is 2.89. The molecule has 1 saturated heterocycles. The lowest BCUT2D eigenvalue weighted by molar-refractivity contribution is -0.182. The molecule has 0 spiro atoms. The van der Waals surface area contributed by atoms with Crippen LogP contribution >= 0.6 is 0 Å². The molecule has 0 N–H and O–H groups in total. The molecule has 122 valence electrons. The SMILES string of the molecule is c1ccc(CN(CCC2OCCCO2)Cc2ccccc2)cc1. The maximum absolute atomic E-state index is 5.68. The molecular weight excluding hydrogens is 286 g/mol. The lowest BCUT2D eigenvalue weighted by atomic mass is 10.1. The summed E-state index contributed by atoms with van der Waals surface area (Å²) in [6.45, 7) is 4.50. The summed E-state index contributed by atoms with van der Waals surface area (Å²) in [6, 6.07) is 21.3. The number of nitrogens with zero attached hydrogens (tertiary/aromatic N) is 1. The third-order valence-corrected chi connectivity index (χ3v) is 4.08. The highest BCUT2D eigenvalue weighted by atomic mass is 16.7. The quantitative estimate of drug-likeness (QED) is 0.775. The Labute approximate surface area is 138 Å². The van der Waals surface area contributed by atoms with Crippen LogP contribution in [-0.4, -0.2) is 30.9 Å². The molecule has 2 aromatic rings. The molecule has 0 atom stereocenters. The van der Waals surface area contributed by atoms with Crippen LogP contribution in [0.3, 0.4) is 0 Å². The molecule has 1 aliphatic rings. The minimum absolute atomic E-state index is 0.0437. The fourth-order valence-electron chi connectivity index (χ4n) is 2.89. The minimum atomic E-state index is -0.0437. The van der Waals surface area contributed by atoms with Gasteiger partial charge in [0.25, 0.3) is 0 Å². The summed E-state index contributed by atoms with van der Waals surface area (Å²) in [6.07, 6.45) is 1.88. The molecule has 0 bridgehead atoms. The second-order valence-corrected chi connectivity index (χ2v) is 6.00. The number of hydrogen-bond acceptors (Lipinski definition) is 3. The number of hydrogen-bond donors (Lipinski definition) is 0. The van der Waals surface area contributed by atoms with Crippen molar-refractivity contribution in [3.05, 3.63) is 71.8 Å². The molecule has 0 saturated carbocycles. The second kappa shape index (κ2) is 8.82. The first-order valence-corrected chi connectivity index (χ1v) is 8.43. The van der Waals surface area contributed by atoms with Crippen LogP contribution in [0.15, 0.2) is 60.7 Å². The molecule has 23 heavy (non-hydrogen) atoms. The van der Waals surface area contributed by atoms with Gasteiger partial charge in [0.2, 0.25) is 0 Å². The van der Waals surface area contributed by atoms with Crippen LogP contribution in [0.1, 0.15) is 24.0 Å². The van der Waals surface area contributed by atoms with Crippen LogP contribution in [0.2, 0.25) is 0 Å². The molecule has 3 heteroatoms. The van der Waals surface area contributed by atoms with Gasteiger partial charge in [0.1, 0.15) is 0 Å². The van der Waals surface area contributed by atoms with Crippen molar-refractivity contribution >= 4 is 0 Å². The summed E-state index contributed by atoms with van der Waals surface area (Å²) >= 11 is 0. The molecule has 3 rings (SSSR count). The van der Waals surface area contributed by atoms with E-state index in [4.69, 9.17) is 9.47 Å². The number of benzene rings is 2. The van der Waals surface area contributed by atoms with Crippen molar-refractivity contribution < 1.29 is 9.47 Å². The summed E-state index contributed by atoms with van der Waals surface area (Å²) in [4.78, 5) is 2.46. The predicted molar refractivity (Wildman–Crippen MR) is 91.9 cm³/mol. The molecule has 1 fully saturated rings. The van der Waals surface area contributed by atoms with Crippen LogP contribution < -0.4 is 0 Å². The normalized spacial score (nSPS) is 15.9. The lowest BCUT2D eigenvalue weighted by Crippen LogP contribution is -2.31. The van der Waals surface area contributed by atoms with Crippen molar-refractivity contribution in [2.24, 2.45) is 0 Å². The monoisotopic (exact) mass is 311 g/mol. The van der Waals surface area contributed by atoms with E-state index in [0.717, 1.165) is 45.7 Å². The Balaban J connectivity index is 1.60. The van der Waals surface area contributed by atoms with Gasteiger partial charge in [-0.3, -0.25) is 4.90 Å². The first-order chi connectivity index (χ1) is 11.4. The topological polar surface area (TPSA) is 21.7 Å². The standard InChI is InChI=1S/C20H25NO2/c1-3-8-18(9-4-1)16-21(17-19-10-5-2-6-11-19)13-12-20-22-14-7-15-23-20/h1-6,8-11,20H,7,12-17H2. The molecule has 0 radical (unpaired) electrons. The van der Waals surface area contributed by atoms with Gasteiger partial charge in [0.15, 0.2) is 6.29 Å².